The van der Waals surface area contributed by atoms with Crippen LogP contribution < -0.4 is 0 Å². The van der Waals surface area contributed by atoms with Gasteiger partial charge >= 0.3 is 5.97 Å². The van der Waals surface area contributed by atoms with Gasteiger partial charge in [0.1, 0.15) is 0 Å². The smallest absolute Gasteiger partial charge is 0.337 e. The average Bonchev–Trinajstić information content (AvgIpc) is 2.37. The van der Waals surface area contributed by atoms with E-state index in [1.807, 2.05) is 42.5 Å². The van der Waals surface area contributed by atoms with Crippen LogP contribution in [0.25, 0.3) is 10.8 Å². The van der Waals surface area contributed by atoms with Crippen molar-refractivity contribution in [1.29, 1.82) is 0 Å². The molecule has 0 heterocycles. The minimum Gasteiger partial charge on any atom is -0.467 e. The van der Waals surface area contributed by atoms with E-state index in [4.69, 9.17) is 0 Å². The highest BCUT2D eigenvalue weighted by molar-refractivity contribution is 5.83. The van der Waals surface area contributed by atoms with Crippen molar-refractivity contribution in [3.8, 4) is 0 Å². The Morgan fingerprint density at radius 2 is 1.89 bits per heavy atom. The zero-order valence-electron chi connectivity index (χ0n) is 10.5. The highest BCUT2D eigenvalue weighted by atomic mass is 16.5. The van der Waals surface area contributed by atoms with E-state index >= 15 is 0 Å². The van der Waals surface area contributed by atoms with Crippen LogP contribution in [0.5, 0.6) is 0 Å². The number of carbonyl (C=O) groups is 1. The van der Waals surface area contributed by atoms with Crippen LogP contribution >= 0.6 is 0 Å². The largest absolute Gasteiger partial charge is 0.467 e. The number of rotatable bonds is 3. The molecule has 0 spiro atoms. The van der Waals surface area contributed by atoms with Crippen LogP contribution in [0.1, 0.15) is 12.5 Å². The van der Waals surface area contributed by atoms with Gasteiger partial charge in [-0.3, -0.25) is 0 Å². The normalized spacial score (nSPS) is 14.2. The van der Waals surface area contributed by atoms with E-state index in [9.17, 15) is 9.90 Å². The van der Waals surface area contributed by atoms with Crippen molar-refractivity contribution in [2.75, 3.05) is 7.11 Å². The molecule has 3 heteroatoms. The summed E-state index contributed by atoms with van der Waals surface area (Å²) >= 11 is 0. The molecule has 0 radical (unpaired) electrons. The van der Waals surface area contributed by atoms with Gasteiger partial charge in [-0.25, -0.2) is 4.79 Å². The first-order valence-electron chi connectivity index (χ1n) is 5.81. The highest BCUT2D eigenvalue weighted by Gasteiger charge is 2.31. The molecule has 1 atom stereocenters. The quantitative estimate of drug-likeness (QED) is 0.843. The number of aliphatic hydroxyl groups is 1. The number of benzene rings is 2. The van der Waals surface area contributed by atoms with Crippen LogP contribution in [0.3, 0.4) is 0 Å². The number of carbonyl (C=O) groups excluding carboxylic acids is 1. The topological polar surface area (TPSA) is 46.5 Å². The monoisotopic (exact) mass is 244 g/mol. The Labute approximate surface area is 106 Å². The molecule has 3 nitrogen and oxygen atoms in total. The fourth-order valence-corrected chi connectivity index (χ4v) is 2.04. The van der Waals surface area contributed by atoms with E-state index in [1.165, 1.54) is 14.0 Å². The second-order valence-electron chi connectivity index (χ2n) is 4.62. The van der Waals surface area contributed by atoms with Gasteiger partial charge in [-0.1, -0.05) is 42.5 Å². The van der Waals surface area contributed by atoms with Crippen molar-refractivity contribution in [2.24, 2.45) is 0 Å². The summed E-state index contributed by atoms with van der Waals surface area (Å²) in [5.41, 5.74) is -0.582. The van der Waals surface area contributed by atoms with Crippen molar-refractivity contribution >= 4 is 16.7 Å². The number of hydrogen-bond donors (Lipinski definition) is 1. The molecule has 2 rings (SSSR count). The Morgan fingerprint density at radius 3 is 2.56 bits per heavy atom. The lowest BCUT2D eigenvalue weighted by molar-refractivity contribution is -0.160. The number of esters is 1. The summed E-state index contributed by atoms with van der Waals surface area (Å²) in [6, 6.07) is 13.9. The molecule has 94 valence electrons. The minimum atomic E-state index is -1.49. The minimum absolute atomic E-state index is 0.241. The lowest BCUT2D eigenvalue weighted by Gasteiger charge is -2.20. The van der Waals surface area contributed by atoms with Gasteiger partial charge in [0.05, 0.1) is 7.11 Å². The van der Waals surface area contributed by atoms with Gasteiger partial charge in [-0.05, 0) is 23.3 Å². The molecule has 0 aliphatic rings. The van der Waals surface area contributed by atoms with Crippen molar-refractivity contribution < 1.29 is 14.6 Å². The number of methoxy groups -OCH3 is 1. The van der Waals surface area contributed by atoms with Gasteiger partial charge < -0.3 is 9.84 Å². The predicted molar refractivity (Wildman–Crippen MR) is 70.3 cm³/mol. The molecule has 0 aliphatic heterocycles. The van der Waals surface area contributed by atoms with Gasteiger partial charge in [-0.15, -0.1) is 0 Å². The van der Waals surface area contributed by atoms with Crippen LogP contribution in [0.15, 0.2) is 42.5 Å². The van der Waals surface area contributed by atoms with Crippen LogP contribution in [0.2, 0.25) is 0 Å². The number of fused-ring (bicyclic) bond motifs is 1. The van der Waals surface area contributed by atoms with Gasteiger partial charge in [0.25, 0.3) is 0 Å². The molecule has 2 aromatic rings. The third kappa shape index (κ3) is 2.51. The van der Waals surface area contributed by atoms with Gasteiger partial charge in [0.15, 0.2) is 5.60 Å². The molecule has 18 heavy (non-hydrogen) atoms. The van der Waals surface area contributed by atoms with Gasteiger partial charge in [0.2, 0.25) is 0 Å². The average molecular weight is 244 g/mol. The molecule has 1 N–H and O–H groups in total. The lowest BCUT2D eigenvalue weighted by Crippen LogP contribution is -2.38. The maximum absolute atomic E-state index is 11.4. The van der Waals surface area contributed by atoms with Gasteiger partial charge in [-0.2, -0.15) is 0 Å². The molecule has 0 aliphatic carbocycles. The van der Waals surface area contributed by atoms with E-state index in [2.05, 4.69) is 4.74 Å². The molecule has 0 fully saturated rings. The summed E-state index contributed by atoms with van der Waals surface area (Å²) in [5, 5.41) is 12.3. The zero-order valence-corrected chi connectivity index (χ0v) is 10.5. The first kappa shape index (κ1) is 12.6. The van der Waals surface area contributed by atoms with Crippen LogP contribution in [0, 0.1) is 0 Å². The molecule has 0 aromatic heterocycles. The zero-order chi connectivity index (χ0) is 13.2. The van der Waals surface area contributed by atoms with Crippen molar-refractivity contribution in [2.45, 2.75) is 18.9 Å². The maximum Gasteiger partial charge on any atom is 0.337 e. The molecular weight excluding hydrogens is 228 g/mol. The summed E-state index contributed by atoms with van der Waals surface area (Å²) < 4.78 is 4.59. The molecule has 1 unspecified atom stereocenters. The van der Waals surface area contributed by atoms with E-state index in [-0.39, 0.29) is 6.42 Å². The van der Waals surface area contributed by atoms with E-state index < -0.39 is 11.6 Å². The fourth-order valence-electron chi connectivity index (χ4n) is 2.04. The third-order valence-corrected chi connectivity index (χ3v) is 2.99. The first-order chi connectivity index (χ1) is 8.53. The molecule has 2 aromatic carbocycles. The Bertz CT molecular complexity index is 573. The third-order valence-electron chi connectivity index (χ3n) is 2.99. The Kier molecular flexibility index (Phi) is 3.34. The van der Waals surface area contributed by atoms with Crippen molar-refractivity contribution in [3.05, 3.63) is 48.0 Å². The van der Waals surface area contributed by atoms with Crippen molar-refractivity contribution in [3.63, 3.8) is 0 Å². The lowest BCUT2D eigenvalue weighted by atomic mass is 9.95. The Hall–Kier alpha value is -1.87. The van der Waals surface area contributed by atoms with E-state index in [0.29, 0.717) is 0 Å². The molecule has 0 saturated carbocycles. The highest BCUT2D eigenvalue weighted by Crippen LogP contribution is 2.20. The van der Waals surface area contributed by atoms with Crippen LogP contribution in [-0.2, 0) is 16.0 Å². The molecule has 0 saturated heterocycles. The summed E-state index contributed by atoms with van der Waals surface area (Å²) in [4.78, 5) is 11.4. The summed E-state index contributed by atoms with van der Waals surface area (Å²) in [5.74, 6) is -0.615. The van der Waals surface area contributed by atoms with Crippen LogP contribution in [-0.4, -0.2) is 23.8 Å². The molecular formula is C15H16O3. The standard InChI is InChI=1S/C15H16O3/c1-15(17,14(16)18-2)10-11-7-8-12-5-3-4-6-13(12)9-11/h3-9,17H,10H2,1-2H3. The summed E-state index contributed by atoms with van der Waals surface area (Å²) in [7, 11) is 1.27. The molecule has 0 bridgehead atoms. The molecule has 0 amide bonds. The van der Waals surface area contributed by atoms with Gasteiger partial charge in [0, 0.05) is 6.42 Å². The van der Waals surface area contributed by atoms with Crippen molar-refractivity contribution in [1.82, 2.24) is 0 Å². The number of ether oxygens (including phenoxy) is 1. The number of hydrogen-bond acceptors (Lipinski definition) is 3. The maximum atomic E-state index is 11.4. The van der Waals surface area contributed by atoms with Crippen LogP contribution in [0.4, 0.5) is 0 Å². The SMILES string of the molecule is COC(=O)C(C)(O)Cc1ccc2ccccc2c1. The summed E-state index contributed by atoms with van der Waals surface area (Å²) in [6.45, 7) is 1.47. The first-order valence-corrected chi connectivity index (χ1v) is 5.81. The summed E-state index contributed by atoms with van der Waals surface area (Å²) in [6.07, 6.45) is 0.241. The fraction of sp³-hybridized carbons (Fsp3) is 0.267. The van der Waals surface area contributed by atoms with E-state index in [0.717, 1.165) is 16.3 Å². The second-order valence-corrected chi connectivity index (χ2v) is 4.62. The second kappa shape index (κ2) is 4.78. The van der Waals surface area contributed by atoms with E-state index in [1.54, 1.807) is 0 Å². The predicted octanol–water partition coefficient (Wildman–Crippen LogP) is 2.31. The Balaban J connectivity index is 2.29. The Morgan fingerprint density at radius 1 is 1.22 bits per heavy atom.